The third-order valence-electron chi connectivity index (χ3n) is 1.50. The average Bonchev–Trinajstić information content (AvgIpc) is 2.70. The van der Waals surface area contributed by atoms with E-state index in [1.165, 1.54) is 6.20 Å². The first-order valence-electron chi connectivity index (χ1n) is 3.48. The van der Waals surface area contributed by atoms with Crippen molar-refractivity contribution in [3.05, 3.63) is 22.4 Å². The Hall–Kier alpha value is -1.40. The first-order chi connectivity index (χ1) is 6.68. The van der Waals surface area contributed by atoms with Crippen LogP contribution in [0.4, 0.5) is 0 Å². The molecule has 0 bridgehead atoms. The molecule has 0 aliphatic carbocycles. The third kappa shape index (κ3) is 1.49. The van der Waals surface area contributed by atoms with Crippen LogP contribution in [0.15, 0.2) is 16.9 Å². The van der Waals surface area contributed by atoms with Gasteiger partial charge in [-0.1, -0.05) is 28.1 Å². The van der Waals surface area contributed by atoms with Crippen LogP contribution >= 0.6 is 22.9 Å². The molecular formula is C7H3ClN2O3S. The number of nitrogens with zero attached hydrogens (tertiary/aromatic N) is 2. The van der Waals surface area contributed by atoms with Crippen molar-refractivity contribution in [2.24, 2.45) is 0 Å². The van der Waals surface area contributed by atoms with E-state index >= 15 is 0 Å². The zero-order valence-corrected chi connectivity index (χ0v) is 8.17. The lowest BCUT2D eigenvalue weighted by molar-refractivity contribution is 0.0697. The molecule has 1 N–H and O–H groups in total. The molecule has 0 amide bonds. The summed E-state index contributed by atoms with van der Waals surface area (Å²) in [6, 6.07) is 0. The van der Waals surface area contributed by atoms with Gasteiger partial charge in [0.25, 0.3) is 0 Å². The standard InChI is InChI=1S/C7H3ClN2O3S/c8-7-9-2-4(14-7)5-3(6(11)12)1-10-13-5/h1-2H,(H,11,12). The average molecular weight is 231 g/mol. The molecule has 0 aliphatic heterocycles. The van der Waals surface area contributed by atoms with Gasteiger partial charge in [-0.05, 0) is 0 Å². The number of carboxylic acid groups (broad SMARTS) is 1. The predicted octanol–water partition coefficient (Wildman–Crippen LogP) is 2.15. The molecule has 0 aromatic carbocycles. The number of halogens is 1. The first kappa shape index (κ1) is 9.17. The summed E-state index contributed by atoms with van der Waals surface area (Å²) in [4.78, 5) is 15.0. The summed E-state index contributed by atoms with van der Waals surface area (Å²) in [5, 5.41) is 12.2. The highest BCUT2D eigenvalue weighted by Gasteiger charge is 2.18. The Balaban J connectivity index is 2.51. The van der Waals surface area contributed by atoms with E-state index in [9.17, 15) is 4.79 Å². The second kappa shape index (κ2) is 3.39. The van der Waals surface area contributed by atoms with E-state index in [2.05, 4.69) is 10.1 Å². The molecule has 0 spiro atoms. The van der Waals surface area contributed by atoms with Gasteiger partial charge in [-0.2, -0.15) is 0 Å². The molecule has 7 heteroatoms. The number of aromatic nitrogens is 2. The van der Waals surface area contributed by atoms with Gasteiger partial charge in [0.15, 0.2) is 10.2 Å². The minimum absolute atomic E-state index is 0.00492. The molecule has 5 nitrogen and oxygen atoms in total. The van der Waals surface area contributed by atoms with Crippen LogP contribution in [0.3, 0.4) is 0 Å². The lowest BCUT2D eigenvalue weighted by Gasteiger charge is -1.89. The van der Waals surface area contributed by atoms with Crippen molar-refractivity contribution in [3.63, 3.8) is 0 Å². The summed E-state index contributed by atoms with van der Waals surface area (Å²) in [7, 11) is 0. The molecule has 0 radical (unpaired) electrons. The molecule has 2 rings (SSSR count). The zero-order valence-electron chi connectivity index (χ0n) is 6.60. The van der Waals surface area contributed by atoms with E-state index in [1.807, 2.05) is 0 Å². The Morgan fingerprint density at radius 3 is 2.93 bits per heavy atom. The van der Waals surface area contributed by atoms with Crippen LogP contribution in [-0.4, -0.2) is 21.2 Å². The largest absolute Gasteiger partial charge is 0.477 e. The molecular weight excluding hydrogens is 228 g/mol. The van der Waals surface area contributed by atoms with E-state index in [4.69, 9.17) is 21.2 Å². The molecule has 2 heterocycles. The van der Waals surface area contributed by atoms with Gasteiger partial charge >= 0.3 is 5.97 Å². The summed E-state index contributed by atoms with van der Waals surface area (Å²) in [6.07, 6.45) is 2.59. The fourth-order valence-corrected chi connectivity index (χ4v) is 1.86. The van der Waals surface area contributed by atoms with Crippen LogP contribution in [0, 0.1) is 0 Å². The highest BCUT2D eigenvalue weighted by atomic mass is 35.5. The minimum atomic E-state index is -1.09. The normalized spacial score (nSPS) is 10.4. The monoisotopic (exact) mass is 230 g/mol. The van der Waals surface area contributed by atoms with Crippen LogP contribution in [0.5, 0.6) is 0 Å². The first-order valence-corrected chi connectivity index (χ1v) is 4.67. The van der Waals surface area contributed by atoms with Crippen molar-refractivity contribution in [1.82, 2.24) is 10.1 Å². The Labute approximate surface area is 86.9 Å². The molecule has 2 aromatic rings. The van der Waals surface area contributed by atoms with Gasteiger partial charge in [-0.25, -0.2) is 9.78 Å². The maximum Gasteiger partial charge on any atom is 0.341 e. The fraction of sp³-hybridized carbons (Fsp3) is 0. The number of hydrogen-bond acceptors (Lipinski definition) is 5. The fourth-order valence-electron chi connectivity index (χ4n) is 0.927. The Morgan fingerprint density at radius 1 is 1.57 bits per heavy atom. The van der Waals surface area contributed by atoms with Crippen molar-refractivity contribution in [1.29, 1.82) is 0 Å². The second-order valence-electron chi connectivity index (χ2n) is 2.35. The predicted molar refractivity (Wildman–Crippen MR) is 49.6 cm³/mol. The molecule has 0 atom stereocenters. The van der Waals surface area contributed by atoms with Crippen LogP contribution in [-0.2, 0) is 0 Å². The number of aromatic carboxylic acids is 1. The van der Waals surface area contributed by atoms with Crippen LogP contribution in [0.2, 0.25) is 4.47 Å². The highest BCUT2D eigenvalue weighted by molar-refractivity contribution is 7.18. The Morgan fingerprint density at radius 2 is 2.36 bits per heavy atom. The molecule has 0 saturated heterocycles. The maximum absolute atomic E-state index is 10.7. The lowest BCUT2D eigenvalue weighted by atomic mass is 10.2. The van der Waals surface area contributed by atoms with Gasteiger partial charge in [0.1, 0.15) is 5.56 Å². The number of rotatable bonds is 2. The van der Waals surface area contributed by atoms with Crippen molar-refractivity contribution < 1.29 is 14.4 Å². The molecule has 0 fully saturated rings. The van der Waals surface area contributed by atoms with Crippen molar-refractivity contribution in [2.75, 3.05) is 0 Å². The number of hydrogen-bond donors (Lipinski definition) is 1. The molecule has 0 aliphatic rings. The van der Waals surface area contributed by atoms with Gasteiger partial charge in [-0.15, -0.1) is 0 Å². The summed E-state index contributed by atoms with van der Waals surface area (Å²) in [5.41, 5.74) is 0.00492. The zero-order chi connectivity index (χ0) is 10.1. The van der Waals surface area contributed by atoms with Crippen molar-refractivity contribution in [3.8, 4) is 10.6 Å². The van der Waals surface area contributed by atoms with E-state index in [0.29, 0.717) is 9.34 Å². The molecule has 2 aromatic heterocycles. The summed E-state index contributed by atoms with van der Waals surface area (Å²) >= 11 is 6.74. The van der Waals surface area contributed by atoms with Crippen molar-refractivity contribution >= 4 is 28.9 Å². The maximum atomic E-state index is 10.7. The van der Waals surface area contributed by atoms with Gasteiger partial charge in [0, 0.05) is 0 Å². The van der Waals surface area contributed by atoms with E-state index in [0.717, 1.165) is 17.5 Å². The summed E-state index contributed by atoms with van der Waals surface area (Å²) in [6.45, 7) is 0. The topological polar surface area (TPSA) is 76.2 Å². The SMILES string of the molecule is O=C(O)c1cnoc1-c1cnc(Cl)s1. The second-order valence-corrected chi connectivity index (χ2v) is 3.96. The molecule has 0 unspecified atom stereocenters. The van der Waals surface area contributed by atoms with E-state index < -0.39 is 5.97 Å². The van der Waals surface area contributed by atoms with Crippen LogP contribution < -0.4 is 0 Å². The van der Waals surface area contributed by atoms with Gasteiger partial charge in [0.05, 0.1) is 17.3 Å². The number of carboxylic acids is 1. The van der Waals surface area contributed by atoms with E-state index in [1.54, 1.807) is 0 Å². The number of thiazole rings is 1. The summed E-state index contributed by atoms with van der Waals surface area (Å²) in [5.74, 6) is -0.910. The van der Waals surface area contributed by atoms with E-state index in [-0.39, 0.29) is 11.3 Å². The lowest BCUT2D eigenvalue weighted by Crippen LogP contribution is -1.94. The van der Waals surface area contributed by atoms with Gasteiger partial charge in [-0.3, -0.25) is 0 Å². The number of carbonyl (C=O) groups is 1. The van der Waals surface area contributed by atoms with Crippen molar-refractivity contribution in [2.45, 2.75) is 0 Å². The highest BCUT2D eigenvalue weighted by Crippen LogP contribution is 2.30. The third-order valence-corrected chi connectivity index (χ3v) is 2.62. The van der Waals surface area contributed by atoms with Crippen LogP contribution in [0.25, 0.3) is 10.6 Å². The molecule has 0 saturated carbocycles. The Kier molecular flexibility index (Phi) is 2.22. The Bertz CT molecular complexity index is 479. The minimum Gasteiger partial charge on any atom is -0.477 e. The summed E-state index contributed by atoms with van der Waals surface area (Å²) < 4.78 is 5.13. The quantitative estimate of drug-likeness (QED) is 0.855. The molecule has 72 valence electrons. The van der Waals surface area contributed by atoms with Crippen LogP contribution in [0.1, 0.15) is 10.4 Å². The van der Waals surface area contributed by atoms with Gasteiger partial charge in [0.2, 0.25) is 0 Å². The smallest absolute Gasteiger partial charge is 0.341 e. The van der Waals surface area contributed by atoms with Gasteiger partial charge < -0.3 is 9.63 Å². The molecule has 14 heavy (non-hydrogen) atoms.